The van der Waals surface area contributed by atoms with Gasteiger partial charge in [0.05, 0.1) is 19.1 Å². The number of nitrogens with zero attached hydrogens (tertiary/aromatic N) is 4. The predicted molar refractivity (Wildman–Crippen MR) is 124 cm³/mol. The van der Waals surface area contributed by atoms with Crippen LogP contribution in [0.3, 0.4) is 0 Å². The van der Waals surface area contributed by atoms with Crippen LogP contribution in [0.25, 0.3) is 5.69 Å². The van der Waals surface area contributed by atoms with Crippen LogP contribution < -0.4 is 9.64 Å². The minimum absolute atomic E-state index is 0.0744. The van der Waals surface area contributed by atoms with Crippen molar-refractivity contribution in [3.8, 4) is 17.2 Å². The molecule has 31 heavy (non-hydrogen) atoms. The first-order chi connectivity index (χ1) is 15.0. The Balaban J connectivity index is 1.48. The van der Waals surface area contributed by atoms with Crippen LogP contribution in [0.2, 0.25) is 0 Å². The summed E-state index contributed by atoms with van der Waals surface area (Å²) < 4.78 is 10.4. The second-order valence-electron chi connectivity index (χ2n) is 8.24. The molecular formula is C26H25N4O+. The average Bonchev–Trinajstić information content (AvgIpc) is 3.32. The third kappa shape index (κ3) is 3.48. The molecule has 1 aromatic heterocycles. The number of fused-ring (bicyclic) bond motifs is 1. The van der Waals surface area contributed by atoms with E-state index >= 15 is 0 Å². The maximum absolute atomic E-state index is 6.22. The molecule has 0 saturated carbocycles. The fourth-order valence-corrected chi connectivity index (χ4v) is 3.93. The zero-order valence-corrected chi connectivity index (χ0v) is 17.9. The number of anilines is 2. The molecule has 5 heteroatoms. The number of imidazole rings is 1. The molecule has 0 fully saturated rings. The number of benzene rings is 3. The Kier molecular flexibility index (Phi) is 4.59. The zero-order valence-electron chi connectivity index (χ0n) is 17.9. The van der Waals surface area contributed by atoms with Gasteiger partial charge in [-0.3, -0.25) is 4.58 Å². The molecule has 0 aliphatic carbocycles. The van der Waals surface area contributed by atoms with E-state index in [9.17, 15) is 0 Å². The molecule has 0 N–H and O–H groups in total. The smallest absolute Gasteiger partial charge is 0.245 e. The Morgan fingerprint density at radius 1 is 0.871 bits per heavy atom. The fourth-order valence-electron chi connectivity index (χ4n) is 3.93. The molecule has 3 aromatic carbocycles. The van der Waals surface area contributed by atoms with Crippen molar-refractivity contribution in [3.63, 3.8) is 0 Å². The summed E-state index contributed by atoms with van der Waals surface area (Å²) in [4.78, 5) is 6.34. The highest BCUT2D eigenvalue weighted by Gasteiger charge is 2.37. The van der Waals surface area contributed by atoms with Gasteiger partial charge in [-0.15, -0.1) is 0 Å². The van der Waals surface area contributed by atoms with Crippen LogP contribution in [0, 0.1) is 0 Å². The number of hydrogen-bond donors (Lipinski definition) is 0. The average molecular weight is 410 g/mol. The molecule has 5 nitrogen and oxygen atoms in total. The van der Waals surface area contributed by atoms with Gasteiger partial charge in [0.2, 0.25) is 6.34 Å². The van der Waals surface area contributed by atoms with Crippen molar-refractivity contribution in [2.75, 3.05) is 11.9 Å². The van der Waals surface area contributed by atoms with Crippen molar-refractivity contribution in [3.05, 3.63) is 97.1 Å². The standard InChI is InChI=1S/C26H25N4O/c1-26(2)24-12-4-5-13-25(24)30(19-28(26)3)21-9-7-11-23(17-21)31-22-10-6-8-20(16-22)29-15-14-27-18-29/h4-19H,1-3H3/q+1. The molecule has 1 aliphatic heterocycles. The topological polar surface area (TPSA) is 33.3 Å². The van der Waals surface area contributed by atoms with Crippen LogP contribution >= 0.6 is 0 Å². The molecule has 0 amide bonds. The molecule has 0 spiro atoms. The molecule has 0 bridgehead atoms. The van der Waals surface area contributed by atoms with Crippen molar-refractivity contribution < 1.29 is 9.31 Å². The van der Waals surface area contributed by atoms with Crippen molar-refractivity contribution in [2.24, 2.45) is 0 Å². The van der Waals surface area contributed by atoms with E-state index in [0.717, 1.165) is 22.9 Å². The van der Waals surface area contributed by atoms with Crippen LogP contribution in [-0.4, -0.2) is 27.5 Å². The first kappa shape index (κ1) is 19.1. The Labute approximate surface area is 182 Å². The molecule has 5 rings (SSSR count). The van der Waals surface area contributed by atoms with Crippen LogP contribution in [0.5, 0.6) is 11.5 Å². The Morgan fingerprint density at radius 3 is 2.32 bits per heavy atom. The monoisotopic (exact) mass is 409 g/mol. The molecule has 0 radical (unpaired) electrons. The lowest BCUT2D eigenvalue weighted by Crippen LogP contribution is -2.41. The van der Waals surface area contributed by atoms with Gasteiger partial charge in [-0.1, -0.05) is 30.3 Å². The van der Waals surface area contributed by atoms with E-state index in [1.807, 2.05) is 47.2 Å². The summed E-state index contributed by atoms with van der Waals surface area (Å²) in [6, 6.07) is 24.7. The second kappa shape index (κ2) is 7.43. The van der Waals surface area contributed by atoms with E-state index < -0.39 is 0 Å². The maximum Gasteiger partial charge on any atom is 0.245 e. The van der Waals surface area contributed by atoms with Crippen molar-refractivity contribution in [1.29, 1.82) is 0 Å². The summed E-state index contributed by atoms with van der Waals surface area (Å²) in [7, 11) is 2.12. The van der Waals surface area contributed by atoms with E-state index in [1.165, 1.54) is 11.3 Å². The summed E-state index contributed by atoms with van der Waals surface area (Å²) >= 11 is 0. The molecule has 154 valence electrons. The summed E-state index contributed by atoms with van der Waals surface area (Å²) in [6.45, 7) is 4.49. The van der Waals surface area contributed by atoms with E-state index in [2.05, 4.69) is 78.1 Å². The van der Waals surface area contributed by atoms with E-state index in [4.69, 9.17) is 4.74 Å². The van der Waals surface area contributed by atoms with Gasteiger partial charge in [-0.05, 0) is 44.2 Å². The first-order valence-corrected chi connectivity index (χ1v) is 10.4. The predicted octanol–water partition coefficient (Wildman–Crippen LogP) is 5.72. The third-order valence-corrected chi connectivity index (χ3v) is 5.94. The van der Waals surface area contributed by atoms with E-state index in [0.29, 0.717) is 0 Å². The lowest BCUT2D eigenvalue weighted by Gasteiger charge is -2.33. The lowest BCUT2D eigenvalue weighted by atomic mass is 9.90. The zero-order chi connectivity index (χ0) is 21.4. The molecule has 1 aliphatic rings. The summed E-state index contributed by atoms with van der Waals surface area (Å²) in [6.07, 6.45) is 7.62. The third-order valence-electron chi connectivity index (χ3n) is 5.94. The number of ether oxygens (including phenoxy) is 1. The Hall–Kier alpha value is -3.86. The van der Waals surface area contributed by atoms with Gasteiger partial charge in [0.15, 0.2) is 0 Å². The number of aromatic nitrogens is 2. The summed E-state index contributed by atoms with van der Waals surface area (Å²) in [5.74, 6) is 1.57. The number of hydrogen-bond acceptors (Lipinski definition) is 3. The molecular weight excluding hydrogens is 384 g/mol. The van der Waals surface area contributed by atoms with Crippen LogP contribution in [0.15, 0.2) is 91.5 Å². The Bertz CT molecular complexity index is 1260. The largest absolute Gasteiger partial charge is 0.457 e. The second-order valence-corrected chi connectivity index (χ2v) is 8.24. The number of para-hydroxylation sites is 1. The Morgan fingerprint density at radius 2 is 1.58 bits per heavy atom. The normalized spacial score (nSPS) is 14.7. The van der Waals surface area contributed by atoms with Gasteiger partial charge in [-0.25, -0.2) is 4.98 Å². The van der Waals surface area contributed by atoms with Gasteiger partial charge in [0.25, 0.3) is 0 Å². The first-order valence-electron chi connectivity index (χ1n) is 10.4. The quantitative estimate of drug-likeness (QED) is 0.404. The number of rotatable bonds is 4. The minimum atomic E-state index is -0.0744. The van der Waals surface area contributed by atoms with Crippen LogP contribution in [0.4, 0.5) is 11.4 Å². The van der Waals surface area contributed by atoms with Gasteiger partial charge in [-0.2, -0.15) is 4.90 Å². The maximum atomic E-state index is 6.22. The van der Waals surface area contributed by atoms with Crippen molar-refractivity contribution in [2.45, 2.75) is 19.4 Å². The molecule has 4 aromatic rings. The van der Waals surface area contributed by atoms with Crippen LogP contribution in [0.1, 0.15) is 19.4 Å². The van der Waals surface area contributed by atoms with Crippen molar-refractivity contribution in [1.82, 2.24) is 9.55 Å². The SMILES string of the molecule is C[N+]1=CN(c2cccc(Oc3cccc(-n4ccnc4)c3)c2)c2ccccc2C1(C)C. The molecule has 0 atom stereocenters. The molecule has 0 saturated heterocycles. The van der Waals surface area contributed by atoms with Crippen LogP contribution in [-0.2, 0) is 5.54 Å². The highest BCUT2D eigenvalue weighted by molar-refractivity contribution is 5.90. The van der Waals surface area contributed by atoms with Gasteiger partial charge >= 0.3 is 0 Å². The fraction of sp³-hybridized carbons (Fsp3) is 0.154. The van der Waals surface area contributed by atoms with Gasteiger partial charge in [0.1, 0.15) is 28.4 Å². The summed E-state index contributed by atoms with van der Waals surface area (Å²) in [5.41, 5.74) is 4.46. The van der Waals surface area contributed by atoms with E-state index in [-0.39, 0.29) is 5.54 Å². The van der Waals surface area contributed by atoms with Gasteiger partial charge < -0.3 is 9.30 Å². The minimum Gasteiger partial charge on any atom is -0.457 e. The molecule has 0 unspecified atom stereocenters. The summed E-state index contributed by atoms with van der Waals surface area (Å²) in [5, 5.41) is 0. The lowest BCUT2D eigenvalue weighted by molar-refractivity contribution is -0.582. The highest BCUT2D eigenvalue weighted by Crippen LogP contribution is 2.39. The van der Waals surface area contributed by atoms with Gasteiger partial charge in [0, 0.05) is 30.1 Å². The van der Waals surface area contributed by atoms with E-state index in [1.54, 1.807) is 12.5 Å². The molecule has 2 heterocycles. The highest BCUT2D eigenvalue weighted by atomic mass is 16.5. The van der Waals surface area contributed by atoms with Crippen molar-refractivity contribution >= 4 is 17.7 Å².